The lowest BCUT2D eigenvalue weighted by Gasteiger charge is -2.20. The van der Waals surface area contributed by atoms with Crippen LogP contribution >= 0.6 is 0 Å². The highest BCUT2D eigenvalue weighted by Crippen LogP contribution is 2.29. The normalized spacial score (nSPS) is 21.9. The molecule has 0 aromatic carbocycles. The number of hydrogen-bond donors (Lipinski definition) is 0. The lowest BCUT2D eigenvalue weighted by atomic mass is 10.2. The third kappa shape index (κ3) is 4.63. The average molecular weight is 212 g/mol. The van der Waals surface area contributed by atoms with Crippen molar-refractivity contribution < 1.29 is 0 Å². The molecule has 0 N–H and O–H groups in total. The quantitative estimate of drug-likeness (QED) is 0.455. The van der Waals surface area contributed by atoms with Crippen LogP contribution in [-0.4, -0.2) is 8.80 Å². The first kappa shape index (κ1) is 12.3. The first-order valence-electron chi connectivity index (χ1n) is 6.84. The molecule has 1 heteroatoms. The number of hydrogen-bond acceptors (Lipinski definition) is 0. The Labute approximate surface area is 92.1 Å². The van der Waals surface area contributed by atoms with Crippen LogP contribution in [0.3, 0.4) is 0 Å². The van der Waals surface area contributed by atoms with Gasteiger partial charge in [0.05, 0.1) is 0 Å². The third-order valence-corrected chi connectivity index (χ3v) is 8.21. The van der Waals surface area contributed by atoms with E-state index in [0.29, 0.717) is 0 Å². The minimum Gasteiger partial charge on any atom is -0.0654 e. The van der Waals surface area contributed by atoms with Gasteiger partial charge in [-0.3, -0.25) is 0 Å². The van der Waals surface area contributed by atoms with Crippen LogP contribution in [0.25, 0.3) is 0 Å². The van der Waals surface area contributed by atoms with Gasteiger partial charge in [0.1, 0.15) is 0 Å². The van der Waals surface area contributed by atoms with Crippen LogP contribution in [0.2, 0.25) is 17.6 Å². The van der Waals surface area contributed by atoms with Crippen molar-refractivity contribution in [1.82, 2.24) is 0 Å². The summed E-state index contributed by atoms with van der Waals surface area (Å²) in [6.45, 7) is 4.87. The Kier molecular flexibility index (Phi) is 6.58. The summed E-state index contributed by atoms with van der Waals surface area (Å²) < 4.78 is 0. The van der Waals surface area contributed by atoms with E-state index in [-0.39, 0.29) is 8.80 Å². The zero-order valence-electron chi connectivity index (χ0n) is 10.2. The van der Waals surface area contributed by atoms with Crippen molar-refractivity contribution in [1.29, 1.82) is 0 Å². The molecule has 0 aromatic heterocycles. The van der Waals surface area contributed by atoms with Gasteiger partial charge in [-0.05, 0) is 0 Å². The molecular formula is C13H28Si. The molecule has 0 nitrogen and oxygen atoms in total. The molecule has 84 valence electrons. The van der Waals surface area contributed by atoms with Gasteiger partial charge in [0, 0.05) is 8.80 Å². The topological polar surface area (TPSA) is 0 Å². The molecule has 1 fully saturated rings. The molecule has 1 aliphatic heterocycles. The van der Waals surface area contributed by atoms with E-state index in [4.69, 9.17) is 0 Å². The van der Waals surface area contributed by atoms with Crippen molar-refractivity contribution in [2.24, 2.45) is 0 Å². The Bertz CT molecular complexity index is 125. The fourth-order valence-corrected chi connectivity index (χ4v) is 6.59. The summed E-state index contributed by atoms with van der Waals surface area (Å²) >= 11 is 0. The van der Waals surface area contributed by atoms with Crippen LogP contribution in [0.15, 0.2) is 0 Å². The fraction of sp³-hybridized carbons (Fsp3) is 1.00. The van der Waals surface area contributed by atoms with Gasteiger partial charge < -0.3 is 0 Å². The van der Waals surface area contributed by atoms with E-state index in [1.807, 2.05) is 0 Å². The molecule has 0 saturated carbocycles. The lowest BCUT2D eigenvalue weighted by molar-refractivity contribution is 0.645. The van der Waals surface area contributed by atoms with Crippen molar-refractivity contribution in [2.45, 2.75) is 82.8 Å². The molecule has 0 bridgehead atoms. The monoisotopic (exact) mass is 212 g/mol. The molecule has 1 aliphatic rings. The maximum absolute atomic E-state index is 2.55. The molecule has 0 aromatic rings. The van der Waals surface area contributed by atoms with Crippen molar-refractivity contribution in [3.05, 3.63) is 0 Å². The average Bonchev–Trinajstić information content (AvgIpc) is 2.46. The summed E-state index contributed by atoms with van der Waals surface area (Å²) in [5, 5.41) is 0. The van der Waals surface area contributed by atoms with E-state index >= 15 is 0 Å². The van der Waals surface area contributed by atoms with E-state index in [0.717, 1.165) is 5.54 Å². The fourth-order valence-electron chi connectivity index (χ4n) is 2.83. The van der Waals surface area contributed by atoms with Gasteiger partial charge in [0.2, 0.25) is 0 Å². The Balaban J connectivity index is 2.16. The van der Waals surface area contributed by atoms with Gasteiger partial charge in [0.15, 0.2) is 0 Å². The highest BCUT2D eigenvalue weighted by Gasteiger charge is 2.19. The third-order valence-electron chi connectivity index (χ3n) is 3.97. The summed E-state index contributed by atoms with van der Waals surface area (Å²) in [5.74, 6) is 0. The summed E-state index contributed by atoms with van der Waals surface area (Å²) in [6, 6.07) is 3.32. The molecule has 0 radical (unpaired) electrons. The second kappa shape index (κ2) is 7.50. The zero-order chi connectivity index (χ0) is 10.2. The van der Waals surface area contributed by atoms with Gasteiger partial charge in [-0.15, -0.1) is 0 Å². The largest absolute Gasteiger partial charge is 0.0654 e. The zero-order valence-corrected chi connectivity index (χ0v) is 11.4. The van der Waals surface area contributed by atoms with Crippen LogP contribution in [-0.2, 0) is 0 Å². The summed E-state index contributed by atoms with van der Waals surface area (Å²) in [4.78, 5) is 0. The second-order valence-corrected chi connectivity index (χ2v) is 9.04. The van der Waals surface area contributed by atoms with Gasteiger partial charge in [-0.2, -0.15) is 0 Å². The molecule has 1 saturated heterocycles. The smallest absolute Gasteiger partial charge is 0.0396 e. The maximum atomic E-state index is 2.55. The number of rotatable bonds is 5. The van der Waals surface area contributed by atoms with Crippen LogP contribution in [0.5, 0.6) is 0 Å². The highest BCUT2D eigenvalue weighted by atomic mass is 28.3. The molecule has 1 heterocycles. The predicted octanol–water partition coefficient (Wildman–Crippen LogP) is 4.76. The molecule has 1 rings (SSSR count). The Morgan fingerprint density at radius 1 is 1.00 bits per heavy atom. The van der Waals surface area contributed by atoms with Gasteiger partial charge in [0.25, 0.3) is 0 Å². The van der Waals surface area contributed by atoms with Gasteiger partial charge >= 0.3 is 0 Å². The Morgan fingerprint density at radius 3 is 2.21 bits per heavy atom. The van der Waals surface area contributed by atoms with Crippen LogP contribution in [0, 0.1) is 0 Å². The molecule has 14 heavy (non-hydrogen) atoms. The molecule has 1 atom stereocenters. The van der Waals surface area contributed by atoms with Crippen LogP contribution in [0.4, 0.5) is 0 Å². The molecule has 0 spiro atoms. The van der Waals surface area contributed by atoms with Gasteiger partial charge in [-0.1, -0.05) is 82.8 Å². The summed E-state index contributed by atoms with van der Waals surface area (Å²) in [7, 11) is -0.308. The Morgan fingerprint density at radius 2 is 1.64 bits per heavy atom. The predicted molar refractivity (Wildman–Crippen MR) is 68.8 cm³/mol. The lowest BCUT2D eigenvalue weighted by Crippen LogP contribution is -2.17. The first-order valence-corrected chi connectivity index (χ1v) is 9.14. The van der Waals surface area contributed by atoms with Crippen LogP contribution in [0.1, 0.15) is 65.2 Å². The minimum absolute atomic E-state index is 0.308. The Hall–Kier alpha value is 0.217. The molecule has 1 unspecified atom stereocenters. The minimum atomic E-state index is -0.308. The van der Waals surface area contributed by atoms with Crippen molar-refractivity contribution >= 4 is 8.80 Å². The van der Waals surface area contributed by atoms with E-state index in [9.17, 15) is 0 Å². The van der Waals surface area contributed by atoms with Crippen molar-refractivity contribution in [3.63, 3.8) is 0 Å². The summed E-state index contributed by atoms with van der Waals surface area (Å²) in [6.07, 6.45) is 12.1. The molecular weight excluding hydrogens is 184 g/mol. The highest BCUT2D eigenvalue weighted by molar-refractivity contribution is 6.60. The van der Waals surface area contributed by atoms with Crippen molar-refractivity contribution in [3.8, 4) is 0 Å². The number of unbranched alkanes of at least 4 members (excludes halogenated alkanes) is 2. The van der Waals surface area contributed by atoms with E-state index in [1.54, 1.807) is 31.4 Å². The SMILES string of the molecule is CCCCCC(C)[SiH]1CCCCCC1. The first-order chi connectivity index (χ1) is 6.84. The summed E-state index contributed by atoms with van der Waals surface area (Å²) in [5.41, 5.74) is 1.14. The standard InChI is InChI=1S/C13H28Si/c1-3-4-7-10-13(2)14-11-8-5-6-9-12-14/h13-14H,3-12H2,1-2H3. The van der Waals surface area contributed by atoms with E-state index in [1.165, 1.54) is 32.1 Å². The van der Waals surface area contributed by atoms with Gasteiger partial charge in [-0.25, -0.2) is 0 Å². The molecule has 0 amide bonds. The van der Waals surface area contributed by atoms with Crippen molar-refractivity contribution in [2.75, 3.05) is 0 Å². The molecule has 0 aliphatic carbocycles. The van der Waals surface area contributed by atoms with E-state index in [2.05, 4.69) is 13.8 Å². The second-order valence-electron chi connectivity index (χ2n) is 5.22. The van der Waals surface area contributed by atoms with Crippen LogP contribution < -0.4 is 0 Å². The maximum Gasteiger partial charge on any atom is 0.0396 e. The van der Waals surface area contributed by atoms with E-state index < -0.39 is 0 Å².